The monoisotopic (exact) mass is 349 g/mol. The molecule has 0 aliphatic heterocycles. The fraction of sp³-hybridized carbons (Fsp3) is 0.286. The van der Waals surface area contributed by atoms with Crippen molar-refractivity contribution in [3.05, 3.63) is 59.7 Å². The van der Waals surface area contributed by atoms with Crippen LogP contribution < -0.4 is 10.6 Å². The number of nitriles is 1. The summed E-state index contributed by atoms with van der Waals surface area (Å²) in [6.45, 7) is 7.24. The maximum Gasteiger partial charge on any atom is 0.239 e. The van der Waals surface area contributed by atoms with Crippen molar-refractivity contribution in [1.29, 1.82) is 5.26 Å². The number of nitrogens with one attached hydrogen (secondary N) is 2. The van der Waals surface area contributed by atoms with Gasteiger partial charge in [0.1, 0.15) is 5.41 Å². The largest absolute Gasteiger partial charge is 0.325 e. The Labute approximate surface area is 154 Å². The second kappa shape index (κ2) is 7.83. The first-order valence-corrected chi connectivity index (χ1v) is 8.47. The molecule has 0 radical (unpaired) electrons. The van der Waals surface area contributed by atoms with Crippen molar-refractivity contribution in [2.45, 2.75) is 33.6 Å². The highest BCUT2D eigenvalue weighted by molar-refractivity contribution is 6.14. The molecule has 2 aromatic carbocycles. The Bertz CT molecular complexity index is 864. The molecule has 0 spiro atoms. The highest BCUT2D eigenvalue weighted by atomic mass is 16.2. The van der Waals surface area contributed by atoms with Crippen molar-refractivity contribution in [1.82, 2.24) is 0 Å². The molecule has 5 heteroatoms. The number of hydrogen-bond donors (Lipinski definition) is 2. The van der Waals surface area contributed by atoms with Crippen LogP contribution in [0.1, 0.15) is 44.7 Å². The van der Waals surface area contributed by atoms with Crippen LogP contribution in [0.15, 0.2) is 48.5 Å². The van der Waals surface area contributed by atoms with Gasteiger partial charge in [0.2, 0.25) is 11.8 Å². The third-order valence-corrected chi connectivity index (χ3v) is 4.22. The summed E-state index contributed by atoms with van der Waals surface area (Å²) in [6, 6.07) is 16.2. The maximum absolute atomic E-state index is 12.7. The molecule has 2 N–H and O–H groups in total. The van der Waals surface area contributed by atoms with E-state index in [1.54, 1.807) is 38.1 Å². The molecule has 5 nitrogen and oxygen atoms in total. The SMILES string of the molecule is CC(C)c1ccccc1NC(=O)C(C)(C)C(=O)Nc1cccc(C#N)c1. The van der Waals surface area contributed by atoms with Gasteiger partial charge in [-0.2, -0.15) is 5.26 Å². The molecule has 2 amide bonds. The number of nitrogens with zero attached hydrogens (tertiary/aromatic N) is 1. The van der Waals surface area contributed by atoms with E-state index in [0.717, 1.165) is 5.56 Å². The predicted molar refractivity (Wildman–Crippen MR) is 103 cm³/mol. The minimum absolute atomic E-state index is 0.247. The first-order valence-electron chi connectivity index (χ1n) is 8.47. The lowest BCUT2D eigenvalue weighted by atomic mass is 9.90. The highest BCUT2D eigenvalue weighted by Gasteiger charge is 2.36. The van der Waals surface area contributed by atoms with E-state index in [1.165, 1.54) is 0 Å². The molecule has 0 heterocycles. The van der Waals surface area contributed by atoms with Crippen molar-refractivity contribution in [2.24, 2.45) is 5.41 Å². The zero-order chi connectivity index (χ0) is 19.3. The number of amides is 2. The molecule has 0 aliphatic carbocycles. The Hall–Kier alpha value is -3.13. The lowest BCUT2D eigenvalue weighted by molar-refractivity contribution is -0.135. The summed E-state index contributed by atoms with van der Waals surface area (Å²) in [4.78, 5) is 25.4. The van der Waals surface area contributed by atoms with Crippen LogP contribution in [-0.4, -0.2) is 11.8 Å². The zero-order valence-electron chi connectivity index (χ0n) is 15.5. The number of hydrogen-bond acceptors (Lipinski definition) is 3. The molecule has 0 fully saturated rings. The average Bonchev–Trinajstić information content (AvgIpc) is 2.62. The van der Waals surface area contributed by atoms with Crippen LogP contribution in [0.2, 0.25) is 0 Å². The first kappa shape index (κ1) is 19.2. The van der Waals surface area contributed by atoms with Gasteiger partial charge in [0.25, 0.3) is 0 Å². The van der Waals surface area contributed by atoms with Crippen LogP contribution >= 0.6 is 0 Å². The second-order valence-electron chi connectivity index (χ2n) is 6.97. The topological polar surface area (TPSA) is 82.0 Å². The summed E-state index contributed by atoms with van der Waals surface area (Å²) in [7, 11) is 0. The van der Waals surface area contributed by atoms with Crippen LogP contribution in [0.3, 0.4) is 0 Å². The molecule has 134 valence electrons. The van der Waals surface area contributed by atoms with Gasteiger partial charge in [0, 0.05) is 11.4 Å². The summed E-state index contributed by atoms with van der Waals surface area (Å²) in [5, 5.41) is 14.5. The van der Waals surface area contributed by atoms with Gasteiger partial charge in [-0.1, -0.05) is 38.1 Å². The number of anilines is 2. The fourth-order valence-corrected chi connectivity index (χ4v) is 2.45. The van der Waals surface area contributed by atoms with Crippen LogP contribution in [0.4, 0.5) is 11.4 Å². The summed E-state index contributed by atoms with van der Waals surface area (Å²) < 4.78 is 0. The normalized spacial score (nSPS) is 10.9. The van der Waals surface area contributed by atoms with Gasteiger partial charge < -0.3 is 10.6 Å². The van der Waals surface area contributed by atoms with Gasteiger partial charge in [-0.15, -0.1) is 0 Å². The van der Waals surface area contributed by atoms with Gasteiger partial charge in [0.15, 0.2) is 0 Å². The van der Waals surface area contributed by atoms with Gasteiger partial charge in [0.05, 0.1) is 11.6 Å². The standard InChI is InChI=1S/C21H23N3O2/c1-14(2)17-10-5-6-11-18(17)24-20(26)21(3,4)19(25)23-16-9-7-8-15(12-16)13-22/h5-12,14H,1-4H3,(H,23,25)(H,24,26). The minimum atomic E-state index is -1.28. The van der Waals surface area contributed by atoms with Crippen molar-refractivity contribution < 1.29 is 9.59 Å². The quantitative estimate of drug-likeness (QED) is 0.790. The third-order valence-electron chi connectivity index (χ3n) is 4.22. The lowest BCUT2D eigenvalue weighted by Gasteiger charge is -2.24. The summed E-state index contributed by atoms with van der Waals surface area (Å²) in [6.07, 6.45) is 0. The van der Waals surface area contributed by atoms with E-state index in [1.807, 2.05) is 44.2 Å². The third kappa shape index (κ3) is 4.28. The van der Waals surface area contributed by atoms with E-state index in [-0.39, 0.29) is 11.8 Å². The van der Waals surface area contributed by atoms with E-state index in [9.17, 15) is 9.59 Å². The van der Waals surface area contributed by atoms with Crippen LogP contribution in [0.25, 0.3) is 0 Å². The second-order valence-corrected chi connectivity index (χ2v) is 6.97. The number of carbonyl (C=O) groups is 2. The smallest absolute Gasteiger partial charge is 0.239 e. The number of carbonyl (C=O) groups excluding carboxylic acids is 2. The minimum Gasteiger partial charge on any atom is -0.325 e. The first-order chi connectivity index (χ1) is 12.3. The van der Waals surface area contributed by atoms with E-state index < -0.39 is 11.3 Å². The Kier molecular flexibility index (Phi) is 5.78. The molecule has 0 aromatic heterocycles. The Morgan fingerprint density at radius 3 is 2.31 bits per heavy atom. The number of benzene rings is 2. The van der Waals surface area contributed by atoms with Gasteiger partial charge in [-0.05, 0) is 49.6 Å². The molecule has 2 rings (SSSR count). The predicted octanol–water partition coefficient (Wildman–Crippen LogP) is 4.29. The fourth-order valence-electron chi connectivity index (χ4n) is 2.45. The number of rotatable bonds is 5. The van der Waals surface area contributed by atoms with Crippen LogP contribution in [0.5, 0.6) is 0 Å². The van der Waals surface area contributed by atoms with Crippen molar-refractivity contribution >= 4 is 23.2 Å². The Balaban J connectivity index is 2.17. The van der Waals surface area contributed by atoms with Gasteiger partial charge in [-0.25, -0.2) is 0 Å². The summed E-state index contributed by atoms with van der Waals surface area (Å²) >= 11 is 0. The molecule has 2 aromatic rings. The molecule has 0 saturated heterocycles. The lowest BCUT2D eigenvalue weighted by Crippen LogP contribution is -2.41. The van der Waals surface area contributed by atoms with E-state index in [0.29, 0.717) is 16.9 Å². The van der Waals surface area contributed by atoms with Crippen molar-refractivity contribution in [3.63, 3.8) is 0 Å². The molecule has 0 saturated carbocycles. The van der Waals surface area contributed by atoms with Crippen LogP contribution in [0, 0.1) is 16.7 Å². The Morgan fingerprint density at radius 1 is 1.00 bits per heavy atom. The summed E-state index contributed by atoms with van der Waals surface area (Å²) in [5.41, 5.74) is 1.36. The highest BCUT2D eigenvalue weighted by Crippen LogP contribution is 2.27. The van der Waals surface area contributed by atoms with Crippen LogP contribution in [-0.2, 0) is 9.59 Å². The van der Waals surface area contributed by atoms with Crippen molar-refractivity contribution in [2.75, 3.05) is 10.6 Å². The van der Waals surface area contributed by atoms with Gasteiger partial charge in [-0.3, -0.25) is 9.59 Å². The van der Waals surface area contributed by atoms with E-state index in [2.05, 4.69) is 10.6 Å². The van der Waals surface area contributed by atoms with E-state index in [4.69, 9.17) is 5.26 Å². The van der Waals surface area contributed by atoms with Gasteiger partial charge >= 0.3 is 0 Å². The molecular formula is C21H23N3O2. The zero-order valence-corrected chi connectivity index (χ0v) is 15.5. The number of para-hydroxylation sites is 1. The summed E-state index contributed by atoms with van der Waals surface area (Å²) in [5.74, 6) is -0.580. The molecule has 26 heavy (non-hydrogen) atoms. The molecule has 0 unspecified atom stereocenters. The molecule has 0 atom stereocenters. The maximum atomic E-state index is 12.7. The molecule has 0 bridgehead atoms. The molecular weight excluding hydrogens is 326 g/mol. The van der Waals surface area contributed by atoms with E-state index >= 15 is 0 Å². The van der Waals surface area contributed by atoms with Crippen molar-refractivity contribution in [3.8, 4) is 6.07 Å². The average molecular weight is 349 g/mol. The Morgan fingerprint density at radius 2 is 1.65 bits per heavy atom. The molecule has 0 aliphatic rings.